The quantitative estimate of drug-likeness (QED) is 0.623. The highest BCUT2D eigenvalue weighted by molar-refractivity contribution is 5.45. The molecule has 0 saturated carbocycles. The molecule has 0 radical (unpaired) electrons. The molecule has 0 aliphatic heterocycles. The van der Waals surface area contributed by atoms with Crippen LogP contribution in [0.15, 0.2) is 48.5 Å². The fraction of sp³-hybridized carbons (Fsp3) is 0.222. The van der Waals surface area contributed by atoms with E-state index in [4.69, 9.17) is 9.47 Å². The maximum atomic E-state index is 12.5. The number of hydrogen-bond donors (Lipinski definition) is 0. The summed E-state index contributed by atoms with van der Waals surface area (Å²) >= 11 is 0. The zero-order valence-electron chi connectivity index (χ0n) is 12.5. The van der Waals surface area contributed by atoms with Gasteiger partial charge in [0.1, 0.15) is 12.4 Å². The monoisotopic (exact) mass is 320 g/mol. The zero-order chi connectivity index (χ0) is 16.7. The number of hydrogen-bond acceptors (Lipinski definition) is 2. The molecule has 0 unspecified atom stereocenters. The second kappa shape index (κ2) is 7.70. The Labute approximate surface area is 132 Å². The Morgan fingerprint density at radius 1 is 0.826 bits per heavy atom. The van der Waals surface area contributed by atoms with E-state index in [0.717, 1.165) is 17.7 Å². The van der Waals surface area contributed by atoms with Crippen molar-refractivity contribution in [2.75, 3.05) is 20.3 Å². The van der Waals surface area contributed by atoms with Crippen molar-refractivity contribution in [1.29, 1.82) is 0 Å². The van der Waals surface area contributed by atoms with Crippen molar-refractivity contribution in [1.82, 2.24) is 0 Å². The molecule has 2 rings (SSSR count). The van der Waals surface area contributed by atoms with Crippen LogP contribution in [-0.2, 0) is 10.9 Å². The van der Waals surface area contributed by atoms with E-state index >= 15 is 0 Å². The van der Waals surface area contributed by atoms with Crippen LogP contribution in [0.4, 0.5) is 13.2 Å². The number of methoxy groups -OCH3 is 1. The first-order chi connectivity index (χ1) is 11.0. The van der Waals surface area contributed by atoms with Gasteiger partial charge < -0.3 is 9.47 Å². The summed E-state index contributed by atoms with van der Waals surface area (Å²) in [5.74, 6) is 6.45. The van der Waals surface area contributed by atoms with Crippen molar-refractivity contribution < 1.29 is 22.6 Å². The third-order valence-electron chi connectivity index (χ3n) is 2.97. The summed E-state index contributed by atoms with van der Waals surface area (Å²) in [6.45, 7) is 0.975. The van der Waals surface area contributed by atoms with Gasteiger partial charge in [-0.2, -0.15) is 13.2 Å². The maximum Gasteiger partial charge on any atom is 0.416 e. The molecule has 0 saturated heterocycles. The standard InChI is InChI=1S/C18H15F3O2/c1-22-12-13-23-17-10-6-15(7-11-17)3-2-14-4-8-16(9-5-14)18(19,20)21/h4-11H,12-13H2,1H3. The predicted octanol–water partition coefficient (Wildman–Crippen LogP) is 4.13. The molecule has 120 valence electrons. The highest BCUT2D eigenvalue weighted by atomic mass is 19.4. The lowest BCUT2D eigenvalue weighted by molar-refractivity contribution is -0.137. The van der Waals surface area contributed by atoms with Crippen LogP contribution in [0.1, 0.15) is 16.7 Å². The van der Waals surface area contributed by atoms with Gasteiger partial charge in [-0.15, -0.1) is 0 Å². The molecular weight excluding hydrogens is 305 g/mol. The van der Waals surface area contributed by atoms with Crippen LogP contribution in [0, 0.1) is 11.8 Å². The molecule has 0 aromatic heterocycles. The lowest BCUT2D eigenvalue weighted by Gasteiger charge is -2.05. The molecule has 0 fully saturated rings. The lowest BCUT2D eigenvalue weighted by atomic mass is 10.1. The van der Waals surface area contributed by atoms with Crippen molar-refractivity contribution in [3.8, 4) is 17.6 Å². The van der Waals surface area contributed by atoms with Crippen LogP contribution in [0.2, 0.25) is 0 Å². The summed E-state index contributed by atoms with van der Waals surface area (Å²) in [5, 5.41) is 0. The molecular formula is C18H15F3O2. The molecule has 0 bridgehead atoms. The number of rotatable bonds is 4. The molecule has 23 heavy (non-hydrogen) atoms. The summed E-state index contributed by atoms with van der Waals surface area (Å²) in [6.07, 6.45) is -4.33. The van der Waals surface area contributed by atoms with Crippen LogP contribution in [0.3, 0.4) is 0 Å². The van der Waals surface area contributed by atoms with Crippen LogP contribution in [0.5, 0.6) is 5.75 Å². The SMILES string of the molecule is COCCOc1ccc(C#Cc2ccc(C(F)(F)F)cc2)cc1. The largest absolute Gasteiger partial charge is 0.491 e. The van der Waals surface area contributed by atoms with Crippen molar-refractivity contribution in [2.45, 2.75) is 6.18 Å². The van der Waals surface area contributed by atoms with Gasteiger partial charge in [0.2, 0.25) is 0 Å². The van der Waals surface area contributed by atoms with Crippen molar-refractivity contribution in [3.05, 3.63) is 65.2 Å². The Kier molecular flexibility index (Phi) is 5.67. The summed E-state index contributed by atoms with van der Waals surface area (Å²) in [6, 6.07) is 11.9. The third kappa shape index (κ3) is 5.35. The Bertz CT molecular complexity index is 677. The smallest absolute Gasteiger partial charge is 0.416 e. The van der Waals surface area contributed by atoms with E-state index in [1.165, 1.54) is 12.1 Å². The van der Waals surface area contributed by atoms with E-state index in [2.05, 4.69) is 11.8 Å². The van der Waals surface area contributed by atoms with Gasteiger partial charge in [0.05, 0.1) is 12.2 Å². The van der Waals surface area contributed by atoms with Crippen LogP contribution in [0.25, 0.3) is 0 Å². The highest BCUT2D eigenvalue weighted by Crippen LogP contribution is 2.28. The first-order valence-corrected chi connectivity index (χ1v) is 6.90. The molecule has 0 atom stereocenters. The highest BCUT2D eigenvalue weighted by Gasteiger charge is 2.29. The lowest BCUT2D eigenvalue weighted by Crippen LogP contribution is -2.04. The van der Waals surface area contributed by atoms with E-state index in [1.54, 1.807) is 31.4 Å². The number of halogens is 3. The first kappa shape index (κ1) is 16.9. The summed E-state index contributed by atoms with van der Waals surface area (Å²) in [7, 11) is 1.60. The number of benzene rings is 2. The van der Waals surface area contributed by atoms with Gasteiger partial charge in [0.25, 0.3) is 0 Å². The molecule has 2 aromatic rings. The van der Waals surface area contributed by atoms with Gasteiger partial charge in [-0.3, -0.25) is 0 Å². The minimum Gasteiger partial charge on any atom is -0.491 e. The van der Waals surface area contributed by atoms with E-state index < -0.39 is 11.7 Å². The number of ether oxygens (including phenoxy) is 2. The van der Waals surface area contributed by atoms with E-state index in [1.807, 2.05) is 0 Å². The first-order valence-electron chi connectivity index (χ1n) is 6.90. The average Bonchev–Trinajstić information content (AvgIpc) is 2.54. The topological polar surface area (TPSA) is 18.5 Å². The predicted molar refractivity (Wildman–Crippen MR) is 81.2 cm³/mol. The Morgan fingerprint density at radius 2 is 1.35 bits per heavy atom. The van der Waals surface area contributed by atoms with Crippen molar-refractivity contribution in [2.24, 2.45) is 0 Å². The molecule has 0 spiro atoms. The second-order valence-corrected chi connectivity index (χ2v) is 4.69. The second-order valence-electron chi connectivity index (χ2n) is 4.69. The molecule has 2 aromatic carbocycles. The van der Waals surface area contributed by atoms with Gasteiger partial charge in [-0.05, 0) is 48.5 Å². The summed E-state index contributed by atoms with van der Waals surface area (Å²) < 4.78 is 47.7. The summed E-state index contributed by atoms with van der Waals surface area (Å²) in [5.41, 5.74) is 0.600. The zero-order valence-corrected chi connectivity index (χ0v) is 12.5. The normalized spacial score (nSPS) is 10.8. The van der Waals surface area contributed by atoms with Gasteiger partial charge in [0.15, 0.2) is 0 Å². The molecule has 5 heteroatoms. The van der Waals surface area contributed by atoms with Crippen LogP contribution < -0.4 is 4.74 Å². The third-order valence-corrected chi connectivity index (χ3v) is 2.97. The minimum atomic E-state index is -4.33. The van der Waals surface area contributed by atoms with Gasteiger partial charge in [-0.1, -0.05) is 11.8 Å². The molecule has 0 amide bonds. The van der Waals surface area contributed by atoms with Crippen LogP contribution in [-0.4, -0.2) is 20.3 Å². The van der Waals surface area contributed by atoms with E-state index in [0.29, 0.717) is 24.5 Å². The average molecular weight is 320 g/mol. The van der Waals surface area contributed by atoms with Gasteiger partial charge in [0, 0.05) is 18.2 Å². The minimum absolute atomic E-state index is 0.465. The van der Waals surface area contributed by atoms with Gasteiger partial charge in [-0.25, -0.2) is 0 Å². The Hall–Kier alpha value is -2.45. The number of alkyl halides is 3. The van der Waals surface area contributed by atoms with Crippen molar-refractivity contribution in [3.63, 3.8) is 0 Å². The van der Waals surface area contributed by atoms with Crippen LogP contribution >= 0.6 is 0 Å². The van der Waals surface area contributed by atoms with E-state index in [9.17, 15) is 13.2 Å². The van der Waals surface area contributed by atoms with Gasteiger partial charge >= 0.3 is 6.18 Å². The molecule has 0 aliphatic rings. The Balaban J connectivity index is 2.01. The van der Waals surface area contributed by atoms with Crippen molar-refractivity contribution >= 4 is 0 Å². The maximum absolute atomic E-state index is 12.5. The fourth-order valence-corrected chi connectivity index (χ4v) is 1.76. The Morgan fingerprint density at radius 3 is 1.83 bits per heavy atom. The summed E-state index contributed by atoms with van der Waals surface area (Å²) in [4.78, 5) is 0. The fourth-order valence-electron chi connectivity index (χ4n) is 1.76. The van der Waals surface area contributed by atoms with E-state index in [-0.39, 0.29) is 0 Å². The molecule has 0 N–H and O–H groups in total. The molecule has 0 aliphatic carbocycles. The molecule has 2 nitrogen and oxygen atoms in total. The molecule has 0 heterocycles.